The van der Waals surface area contributed by atoms with E-state index in [1.807, 2.05) is 6.92 Å². The molecule has 1 aliphatic rings. The Morgan fingerprint density at radius 3 is 2.88 bits per heavy atom. The first-order chi connectivity index (χ1) is 11.6. The van der Waals surface area contributed by atoms with Crippen LogP contribution in [0, 0.1) is 0 Å². The van der Waals surface area contributed by atoms with Crippen molar-refractivity contribution in [3.05, 3.63) is 10.8 Å². The summed E-state index contributed by atoms with van der Waals surface area (Å²) in [4.78, 5) is 14.4. The summed E-state index contributed by atoms with van der Waals surface area (Å²) in [5.41, 5.74) is 5.55. The standard InChI is InChI=1S/C12H19N9O2S/c1-8(11-16-17-12(13)24-11)14-10(22)7-21-9(15-18-19-21)6-20-2-4-23-5-3-20/h8H,2-7H2,1H3,(H2,13,17)(H,14,22). The number of nitrogens with two attached hydrogens (primary N) is 1. The number of anilines is 1. The lowest BCUT2D eigenvalue weighted by Gasteiger charge is -2.25. The van der Waals surface area contributed by atoms with Crippen LogP contribution in [0.3, 0.4) is 0 Å². The number of carbonyl (C=O) groups is 1. The summed E-state index contributed by atoms with van der Waals surface area (Å²) in [7, 11) is 0. The van der Waals surface area contributed by atoms with E-state index in [4.69, 9.17) is 10.5 Å². The molecule has 0 aliphatic carbocycles. The number of nitrogens with zero attached hydrogens (tertiary/aromatic N) is 7. The number of morpholine rings is 1. The van der Waals surface area contributed by atoms with Gasteiger partial charge in [-0.3, -0.25) is 9.69 Å². The number of nitrogen functional groups attached to an aromatic ring is 1. The van der Waals surface area contributed by atoms with Crippen molar-refractivity contribution in [2.75, 3.05) is 32.0 Å². The van der Waals surface area contributed by atoms with E-state index in [9.17, 15) is 4.79 Å². The highest BCUT2D eigenvalue weighted by molar-refractivity contribution is 7.15. The highest BCUT2D eigenvalue weighted by atomic mass is 32.1. The van der Waals surface area contributed by atoms with Gasteiger partial charge < -0.3 is 15.8 Å². The molecule has 1 unspecified atom stereocenters. The molecule has 11 nitrogen and oxygen atoms in total. The van der Waals surface area contributed by atoms with Gasteiger partial charge in [0, 0.05) is 13.1 Å². The summed E-state index contributed by atoms with van der Waals surface area (Å²) in [5, 5.41) is 23.1. The predicted octanol–water partition coefficient (Wildman–Crippen LogP) is -1.18. The highest BCUT2D eigenvalue weighted by Crippen LogP contribution is 2.18. The van der Waals surface area contributed by atoms with Crippen LogP contribution >= 0.6 is 11.3 Å². The summed E-state index contributed by atoms with van der Waals surface area (Å²) >= 11 is 1.25. The molecule has 1 saturated heterocycles. The van der Waals surface area contributed by atoms with Crippen molar-refractivity contribution in [1.29, 1.82) is 0 Å². The van der Waals surface area contributed by atoms with Gasteiger partial charge in [0.1, 0.15) is 11.6 Å². The van der Waals surface area contributed by atoms with Gasteiger partial charge in [-0.1, -0.05) is 11.3 Å². The second-order valence-electron chi connectivity index (χ2n) is 5.41. The molecule has 24 heavy (non-hydrogen) atoms. The van der Waals surface area contributed by atoms with Crippen LogP contribution in [0.2, 0.25) is 0 Å². The zero-order valence-electron chi connectivity index (χ0n) is 13.3. The molecule has 0 bridgehead atoms. The van der Waals surface area contributed by atoms with E-state index in [0.29, 0.717) is 35.7 Å². The third kappa shape index (κ3) is 4.21. The maximum Gasteiger partial charge on any atom is 0.242 e. The number of ether oxygens (including phenoxy) is 1. The highest BCUT2D eigenvalue weighted by Gasteiger charge is 2.18. The SMILES string of the molecule is CC(NC(=O)Cn1nnnc1CN1CCOCC1)c1nnc(N)s1. The van der Waals surface area contributed by atoms with Gasteiger partial charge >= 0.3 is 0 Å². The first-order valence-electron chi connectivity index (χ1n) is 7.55. The second-order valence-corrected chi connectivity index (χ2v) is 6.45. The lowest BCUT2D eigenvalue weighted by molar-refractivity contribution is -0.122. The number of nitrogens with one attached hydrogen (secondary N) is 1. The number of aromatic nitrogens is 6. The molecular weight excluding hydrogens is 334 g/mol. The molecule has 1 fully saturated rings. The molecule has 130 valence electrons. The molecule has 2 aromatic rings. The molecular formula is C12H19N9O2S. The van der Waals surface area contributed by atoms with Gasteiger partial charge in [0.2, 0.25) is 11.0 Å². The van der Waals surface area contributed by atoms with E-state index >= 15 is 0 Å². The van der Waals surface area contributed by atoms with Crippen LogP contribution in [-0.2, 0) is 22.6 Å². The largest absolute Gasteiger partial charge is 0.379 e. The van der Waals surface area contributed by atoms with Gasteiger partial charge in [-0.25, -0.2) is 4.68 Å². The topological polar surface area (TPSA) is 137 Å². The minimum absolute atomic E-state index is 0.0469. The summed E-state index contributed by atoms with van der Waals surface area (Å²) in [6.45, 7) is 5.52. The Hall–Kier alpha value is -2.18. The van der Waals surface area contributed by atoms with Crippen molar-refractivity contribution in [2.24, 2.45) is 0 Å². The Morgan fingerprint density at radius 1 is 1.38 bits per heavy atom. The van der Waals surface area contributed by atoms with Crippen molar-refractivity contribution in [3.8, 4) is 0 Å². The maximum absolute atomic E-state index is 12.2. The van der Waals surface area contributed by atoms with Crippen LogP contribution in [0.1, 0.15) is 23.8 Å². The third-order valence-electron chi connectivity index (χ3n) is 3.57. The van der Waals surface area contributed by atoms with Gasteiger partial charge in [-0.2, -0.15) is 0 Å². The molecule has 3 N–H and O–H groups in total. The second kappa shape index (κ2) is 7.59. The van der Waals surface area contributed by atoms with E-state index in [1.54, 1.807) is 0 Å². The normalized spacial score (nSPS) is 16.9. The first-order valence-corrected chi connectivity index (χ1v) is 8.37. The van der Waals surface area contributed by atoms with Gasteiger partial charge in [0.05, 0.1) is 25.8 Å². The van der Waals surface area contributed by atoms with Gasteiger partial charge in [0.15, 0.2) is 5.82 Å². The minimum atomic E-state index is -0.272. The zero-order chi connectivity index (χ0) is 16.9. The van der Waals surface area contributed by atoms with E-state index in [2.05, 4.69) is 35.9 Å². The molecule has 1 amide bonds. The summed E-state index contributed by atoms with van der Waals surface area (Å²) < 4.78 is 6.82. The summed E-state index contributed by atoms with van der Waals surface area (Å²) in [5.74, 6) is 0.451. The van der Waals surface area contributed by atoms with Gasteiger partial charge in [0.25, 0.3) is 0 Å². The van der Waals surface area contributed by atoms with Gasteiger partial charge in [-0.15, -0.1) is 15.3 Å². The number of carbonyl (C=O) groups excluding carboxylic acids is 1. The maximum atomic E-state index is 12.2. The number of amides is 1. The van der Waals surface area contributed by atoms with Crippen molar-refractivity contribution in [3.63, 3.8) is 0 Å². The van der Waals surface area contributed by atoms with Crippen LogP contribution in [0.5, 0.6) is 0 Å². The lowest BCUT2D eigenvalue weighted by atomic mass is 10.3. The number of rotatable bonds is 6. The van der Waals surface area contributed by atoms with Gasteiger partial charge in [-0.05, 0) is 17.4 Å². The quantitative estimate of drug-likeness (QED) is 0.657. The van der Waals surface area contributed by atoms with Crippen LogP contribution in [0.4, 0.5) is 5.13 Å². The Morgan fingerprint density at radius 2 is 2.17 bits per heavy atom. The fourth-order valence-corrected chi connectivity index (χ4v) is 2.94. The molecule has 0 aromatic carbocycles. The Bertz CT molecular complexity index is 682. The number of hydrogen-bond acceptors (Lipinski definition) is 10. The molecule has 0 spiro atoms. The smallest absolute Gasteiger partial charge is 0.242 e. The monoisotopic (exact) mass is 353 g/mol. The lowest BCUT2D eigenvalue weighted by Crippen LogP contribution is -2.37. The average Bonchev–Trinajstić information content (AvgIpc) is 3.18. The zero-order valence-corrected chi connectivity index (χ0v) is 14.1. The fourth-order valence-electron chi connectivity index (χ4n) is 2.32. The van der Waals surface area contributed by atoms with Crippen molar-refractivity contribution in [1.82, 2.24) is 40.6 Å². The van der Waals surface area contributed by atoms with Crippen LogP contribution in [-0.4, -0.2) is 67.5 Å². The van der Waals surface area contributed by atoms with Crippen LogP contribution in [0.25, 0.3) is 0 Å². The van der Waals surface area contributed by atoms with Crippen LogP contribution < -0.4 is 11.1 Å². The van der Waals surface area contributed by atoms with Crippen LogP contribution in [0.15, 0.2) is 0 Å². The molecule has 3 heterocycles. The molecule has 1 atom stereocenters. The molecule has 12 heteroatoms. The Kier molecular flexibility index (Phi) is 5.27. The summed E-state index contributed by atoms with van der Waals surface area (Å²) in [6, 6.07) is -0.272. The van der Waals surface area contributed by atoms with E-state index in [-0.39, 0.29) is 18.5 Å². The Labute approximate surface area is 142 Å². The molecule has 0 saturated carbocycles. The minimum Gasteiger partial charge on any atom is -0.379 e. The molecule has 0 radical (unpaired) electrons. The van der Waals surface area contributed by atoms with E-state index in [1.165, 1.54) is 16.0 Å². The predicted molar refractivity (Wildman–Crippen MR) is 84.8 cm³/mol. The average molecular weight is 353 g/mol. The Balaban J connectivity index is 1.55. The molecule has 1 aliphatic heterocycles. The van der Waals surface area contributed by atoms with Crippen molar-refractivity contribution >= 4 is 22.4 Å². The molecule has 3 rings (SSSR count). The molecule has 2 aromatic heterocycles. The fraction of sp³-hybridized carbons (Fsp3) is 0.667. The van der Waals surface area contributed by atoms with E-state index in [0.717, 1.165) is 13.1 Å². The number of tetrazole rings is 1. The first kappa shape index (κ1) is 16.7. The third-order valence-corrected chi connectivity index (χ3v) is 4.51. The van der Waals surface area contributed by atoms with E-state index < -0.39 is 0 Å². The van der Waals surface area contributed by atoms with Crippen molar-refractivity contribution < 1.29 is 9.53 Å². The number of hydrogen-bond donors (Lipinski definition) is 2. The summed E-state index contributed by atoms with van der Waals surface area (Å²) in [6.07, 6.45) is 0. The van der Waals surface area contributed by atoms with Crippen molar-refractivity contribution in [2.45, 2.75) is 26.1 Å².